The van der Waals surface area contributed by atoms with Crippen LogP contribution in [0.15, 0.2) is 35.7 Å². The van der Waals surface area contributed by atoms with Gasteiger partial charge in [-0.1, -0.05) is 43.2 Å². The van der Waals surface area contributed by atoms with Crippen molar-refractivity contribution in [2.24, 2.45) is 0 Å². The lowest BCUT2D eigenvalue weighted by Gasteiger charge is -2.28. The van der Waals surface area contributed by atoms with Crippen LogP contribution < -0.4 is 5.32 Å². The first kappa shape index (κ1) is 16.6. The number of hydrogen-bond acceptors (Lipinski definition) is 4. The fourth-order valence-corrected chi connectivity index (χ4v) is 4.12. The van der Waals surface area contributed by atoms with Crippen molar-refractivity contribution in [3.8, 4) is 10.6 Å². The lowest BCUT2D eigenvalue weighted by molar-refractivity contribution is -0.139. The molecule has 1 aromatic carbocycles. The van der Waals surface area contributed by atoms with Gasteiger partial charge < -0.3 is 10.4 Å². The zero-order chi connectivity index (χ0) is 17.0. The predicted molar refractivity (Wildman–Crippen MR) is 92.8 cm³/mol. The van der Waals surface area contributed by atoms with Gasteiger partial charge in [-0.15, -0.1) is 11.3 Å². The van der Waals surface area contributed by atoms with Crippen LogP contribution in [-0.4, -0.2) is 27.5 Å². The Balaban J connectivity index is 1.64. The molecule has 0 unspecified atom stereocenters. The Morgan fingerprint density at radius 2 is 1.92 bits per heavy atom. The first-order chi connectivity index (χ1) is 11.6. The summed E-state index contributed by atoms with van der Waals surface area (Å²) in [5.74, 6) is -1.01. The van der Waals surface area contributed by atoms with E-state index in [0.29, 0.717) is 0 Å². The van der Waals surface area contributed by atoms with E-state index in [1.807, 2.05) is 35.7 Å². The normalized spacial score (nSPS) is 16.0. The van der Waals surface area contributed by atoms with Crippen LogP contribution in [0.5, 0.6) is 0 Å². The largest absolute Gasteiger partial charge is 0.481 e. The molecule has 0 spiro atoms. The van der Waals surface area contributed by atoms with Crippen LogP contribution in [-0.2, 0) is 16.0 Å². The summed E-state index contributed by atoms with van der Waals surface area (Å²) in [7, 11) is 0. The van der Waals surface area contributed by atoms with Crippen LogP contribution in [0.2, 0.25) is 0 Å². The van der Waals surface area contributed by atoms with Gasteiger partial charge in [0.05, 0.1) is 24.1 Å². The van der Waals surface area contributed by atoms with Crippen LogP contribution in [0.1, 0.15) is 37.8 Å². The highest BCUT2D eigenvalue weighted by Gasteiger charge is 2.37. The number of aliphatic carboxylic acids is 1. The summed E-state index contributed by atoms with van der Waals surface area (Å²) in [6, 6.07) is 9.85. The SMILES string of the molecule is O=C(O)CC1(NC(=O)Cc2csc(-c3ccccc3)n2)CCCC1. The summed E-state index contributed by atoms with van der Waals surface area (Å²) < 4.78 is 0. The van der Waals surface area contributed by atoms with E-state index in [-0.39, 0.29) is 18.7 Å². The van der Waals surface area contributed by atoms with E-state index in [4.69, 9.17) is 5.11 Å². The van der Waals surface area contributed by atoms with Gasteiger partial charge in [-0.05, 0) is 12.8 Å². The van der Waals surface area contributed by atoms with Crippen molar-refractivity contribution < 1.29 is 14.7 Å². The summed E-state index contributed by atoms with van der Waals surface area (Å²) in [5, 5.41) is 14.9. The standard InChI is InChI=1S/C18H20N2O3S/c21-15(20-18(11-16(22)23)8-4-5-9-18)10-14-12-24-17(19-14)13-6-2-1-3-7-13/h1-3,6-7,12H,4-5,8-11H2,(H,20,21)(H,22,23). The molecule has 1 saturated carbocycles. The van der Waals surface area contributed by atoms with E-state index in [0.717, 1.165) is 41.9 Å². The van der Waals surface area contributed by atoms with Crippen LogP contribution in [0.4, 0.5) is 0 Å². The molecule has 0 saturated heterocycles. The molecule has 1 heterocycles. The fourth-order valence-electron chi connectivity index (χ4n) is 3.29. The van der Waals surface area contributed by atoms with Crippen molar-refractivity contribution in [3.63, 3.8) is 0 Å². The molecule has 1 amide bonds. The molecule has 6 heteroatoms. The highest BCUT2D eigenvalue weighted by molar-refractivity contribution is 7.13. The number of benzene rings is 1. The zero-order valence-electron chi connectivity index (χ0n) is 13.3. The minimum atomic E-state index is -0.864. The van der Waals surface area contributed by atoms with Gasteiger partial charge in [0.2, 0.25) is 5.91 Å². The molecular weight excluding hydrogens is 324 g/mol. The Morgan fingerprint density at radius 3 is 2.58 bits per heavy atom. The smallest absolute Gasteiger partial charge is 0.305 e. The Hall–Kier alpha value is -2.21. The molecule has 0 radical (unpaired) electrons. The molecule has 0 bridgehead atoms. The molecule has 1 aliphatic rings. The zero-order valence-corrected chi connectivity index (χ0v) is 14.1. The Kier molecular flexibility index (Phi) is 4.94. The van der Waals surface area contributed by atoms with Gasteiger partial charge >= 0.3 is 5.97 Å². The molecule has 1 fully saturated rings. The van der Waals surface area contributed by atoms with Crippen molar-refractivity contribution in [1.29, 1.82) is 0 Å². The number of carboxylic acids is 1. The van der Waals surface area contributed by atoms with Gasteiger partial charge in [0.25, 0.3) is 0 Å². The van der Waals surface area contributed by atoms with E-state index in [2.05, 4.69) is 10.3 Å². The Labute approximate surface area is 144 Å². The van der Waals surface area contributed by atoms with E-state index < -0.39 is 11.5 Å². The number of amides is 1. The molecule has 0 atom stereocenters. The maximum absolute atomic E-state index is 12.4. The molecule has 3 rings (SSSR count). The van der Waals surface area contributed by atoms with E-state index in [1.165, 1.54) is 11.3 Å². The lowest BCUT2D eigenvalue weighted by atomic mass is 9.93. The number of nitrogens with zero attached hydrogens (tertiary/aromatic N) is 1. The van der Waals surface area contributed by atoms with Gasteiger partial charge in [-0.3, -0.25) is 9.59 Å². The minimum absolute atomic E-state index is 0.00886. The lowest BCUT2D eigenvalue weighted by Crippen LogP contribution is -2.48. The quantitative estimate of drug-likeness (QED) is 0.843. The maximum Gasteiger partial charge on any atom is 0.305 e. The molecule has 5 nitrogen and oxygen atoms in total. The number of nitrogens with one attached hydrogen (secondary N) is 1. The Morgan fingerprint density at radius 1 is 1.21 bits per heavy atom. The maximum atomic E-state index is 12.4. The van der Waals surface area contributed by atoms with E-state index in [9.17, 15) is 9.59 Å². The monoisotopic (exact) mass is 344 g/mol. The summed E-state index contributed by atoms with van der Waals surface area (Å²) in [5.41, 5.74) is 1.17. The average Bonchev–Trinajstić information content (AvgIpc) is 3.17. The summed E-state index contributed by atoms with van der Waals surface area (Å²) in [4.78, 5) is 28.0. The number of aromatic nitrogens is 1. The molecule has 1 aromatic heterocycles. The summed E-state index contributed by atoms with van der Waals surface area (Å²) in [6.07, 6.45) is 3.56. The topological polar surface area (TPSA) is 79.3 Å². The van der Waals surface area contributed by atoms with Crippen LogP contribution in [0.3, 0.4) is 0 Å². The molecule has 2 N–H and O–H groups in total. The fraction of sp³-hybridized carbons (Fsp3) is 0.389. The summed E-state index contributed by atoms with van der Waals surface area (Å²) in [6.45, 7) is 0. The van der Waals surface area contributed by atoms with Crippen molar-refractivity contribution >= 4 is 23.2 Å². The van der Waals surface area contributed by atoms with Crippen molar-refractivity contribution in [2.45, 2.75) is 44.1 Å². The third-order valence-electron chi connectivity index (χ3n) is 4.37. The second-order valence-corrected chi connectivity index (χ2v) is 7.15. The van der Waals surface area contributed by atoms with E-state index in [1.54, 1.807) is 0 Å². The highest BCUT2D eigenvalue weighted by atomic mass is 32.1. The van der Waals surface area contributed by atoms with Gasteiger partial charge in [-0.2, -0.15) is 0 Å². The first-order valence-corrected chi connectivity index (χ1v) is 8.97. The van der Waals surface area contributed by atoms with Crippen molar-refractivity contribution in [3.05, 3.63) is 41.4 Å². The second-order valence-electron chi connectivity index (χ2n) is 6.29. The van der Waals surface area contributed by atoms with Gasteiger partial charge in [-0.25, -0.2) is 4.98 Å². The predicted octanol–water partition coefficient (Wildman–Crippen LogP) is 3.26. The number of carbonyl (C=O) groups excluding carboxylic acids is 1. The first-order valence-electron chi connectivity index (χ1n) is 8.09. The van der Waals surface area contributed by atoms with Gasteiger partial charge in [0.15, 0.2) is 0 Å². The molecule has 126 valence electrons. The number of rotatable bonds is 6. The van der Waals surface area contributed by atoms with Crippen molar-refractivity contribution in [1.82, 2.24) is 10.3 Å². The second kappa shape index (κ2) is 7.13. The highest BCUT2D eigenvalue weighted by Crippen LogP contribution is 2.33. The number of thiazole rings is 1. The van der Waals surface area contributed by atoms with Gasteiger partial charge in [0.1, 0.15) is 5.01 Å². The number of carbonyl (C=O) groups is 2. The molecule has 2 aromatic rings. The summed E-state index contributed by atoms with van der Waals surface area (Å²) >= 11 is 1.51. The minimum Gasteiger partial charge on any atom is -0.481 e. The molecule has 1 aliphatic carbocycles. The van der Waals surface area contributed by atoms with Crippen LogP contribution >= 0.6 is 11.3 Å². The number of carboxylic acid groups (broad SMARTS) is 1. The third kappa shape index (κ3) is 4.00. The molecule has 0 aliphatic heterocycles. The Bertz CT molecular complexity index is 721. The van der Waals surface area contributed by atoms with Gasteiger partial charge in [0, 0.05) is 10.9 Å². The molecular formula is C18H20N2O3S. The van der Waals surface area contributed by atoms with E-state index >= 15 is 0 Å². The number of hydrogen-bond donors (Lipinski definition) is 2. The van der Waals surface area contributed by atoms with Crippen LogP contribution in [0, 0.1) is 0 Å². The third-order valence-corrected chi connectivity index (χ3v) is 5.31. The van der Waals surface area contributed by atoms with Crippen molar-refractivity contribution in [2.75, 3.05) is 0 Å². The van der Waals surface area contributed by atoms with Crippen LogP contribution in [0.25, 0.3) is 10.6 Å². The average molecular weight is 344 g/mol. The molecule has 24 heavy (non-hydrogen) atoms.